The zero-order valence-electron chi connectivity index (χ0n) is 11.1. The van der Waals surface area contributed by atoms with Crippen LogP contribution >= 0.6 is 22.6 Å². The van der Waals surface area contributed by atoms with Gasteiger partial charge < -0.3 is 5.32 Å². The largest absolute Gasteiger partial charge is 0.322 e. The Hall–Kier alpha value is -1.45. The quantitative estimate of drug-likeness (QED) is 0.754. The molecule has 0 bridgehead atoms. The molecule has 110 valence electrons. The average Bonchev–Trinajstić information content (AvgIpc) is 2.40. The Morgan fingerprint density at radius 1 is 1.14 bits per heavy atom. The number of anilines is 1. The summed E-state index contributed by atoms with van der Waals surface area (Å²) in [7, 11) is -3.82. The molecule has 0 aliphatic heterocycles. The summed E-state index contributed by atoms with van der Waals surface area (Å²) < 4.78 is 23.8. The lowest BCUT2D eigenvalue weighted by atomic mass is 10.1. The second kappa shape index (κ2) is 6.12. The fraction of sp³-hybridized carbons (Fsp3) is 0.0714. The van der Waals surface area contributed by atoms with E-state index in [0.29, 0.717) is 16.8 Å². The number of nitrogens with one attached hydrogen (secondary N) is 1. The Balaban J connectivity index is 2.37. The van der Waals surface area contributed by atoms with Crippen LogP contribution < -0.4 is 10.5 Å². The fourth-order valence-corrected chi connectivity index (χ4v) is 3.33. The second-order valence-corrected chi connectivity index (χ2v) is 7.10. The molecule has 0 aromatic heterocycles. The highest BCUT2D eigenvalue weighted by atomic mass is 127. The van der Waals surface area contributed by atoms with E-state index in [1.807, 2.05) is 12.1 Å². The van der Waals surface area contributed by atoms with Crippen LogP contribution in [0.5, 0.6) is 0 Å². The monoisotopic (exact) mass is 416 g/mol. The maximum Gasteiger partial charge on any atom is 0.256 e. The molecule has 0 aliphatic carbocycles. The van der Waals surface area contributed by atoms with Gasteiger partial charge in [0.05, 0.1) is 10.5 Å². The summed E-state index contributed by atoms with van der Waals surface area (Å²) in [5.41, 5.74) is 1.36. The maximum atomic E-state index is 12.3. The van der Waals surface area contributed by atoms with E-state index in [9.17, 15) is 13.2 Å². The van der Waals surface area contributed by atoms with Gasteiger partial charge in [-0.2, -0.15) is 0 Å². The van der Waals surface area contributed by atoms with Crippen molar-refractivity contribution in [2.24, 2.45) is 5.14 Å². The van der Waals surface area contributed by atoms with Gasteiger partial charge in [0, 0.05) is 9.26 Å². The molecule has 1 amide bonds. The average molecular weight is 416 g/mol. The van der Waals surface area contributed by atoms with Gasteiger partial charge in [0.1, 0.15) is 0 Å². The van der Waals surface area contributed by atoms with E-state index in [1.165, 1.54) is 12.1 Å². The topological polar surface area (TPSA) is 89.3 Å². The van der Waals surface area contributed by atoms with Crippen LogP contribution in [-0.4, -0.2) is 14.3 Å². The summed E-state index contributed by atoms with van der Waals surface area (Å²) in [6, 6.07) is 11.7. The van der Waals surface area contributed by atoms with Crippen molar-refractivity contribution in [3.05, 3.63) is 57.2 Å². The van der Waals surface area contributed by atoms with Crippen LogP contribution in [0, 0.1) is 10.5 Å². The van der Waals surface area contributed by atoms with Gasteiger partial charge in [0.2, 0.25) is 10.0 Å². The van der Waals surface area contributed by atoms with Crippen molar-refractivity contribution in [2.75, 3.05) is 5.32 Å². The Kier molecular flexibility index (Phi) is 4.64. The third-order valence-electron chi connectivity index (χ3n) is 2.96. The number of primary sulfonamides is 1. The first kappa shape index (κ1) is 15.9. The molecule has 2 rings (SSSR count). The number of amides is 1. The van der Waals surface area contributed by atoms with Gasteiger partial charge >= 0.3 is 0 Å². The van der Waals surface area contributed by atoms with Crippen LogP contribution in [0.1, 0.15) is 15.9 Å². The van der Waals surface area contributed by atoms with Crippen molar-refractivity contribution in [1.82, 2.24) is 0 Å². The van der Waals surface area contributed by atoms with Crippen molar-refractivity contribution in [1.29, 1.82) is 0 Å². The molecular weight excluding hydrogens is 403 g/mol. The normalized spacial score (nSPS) is 11.2. The number of halogens is 1. The summed E-state index contributed by atoms with van der Waals surface area (Å²) in [4.78, 5) is 12.3. The third kappa shape index (κ3) is 3.60. The van der Waals surface area contributed by atoms with Crippen LogP contribution in [0.3, 0.4) is 0 Å². The first-order valence-corrected chi connectivity index (χ1v) is 8.61. The molecule has 0 spiro atoms. The Labute approximate surface area is 136 Å². The van der Waals surface area contributed by atoms with Gasteiger partial charge in [0.15, 0.2) is 0 Å². The van der Waals surface area contributed by atoms with Crippen LogP contribution in [-0.2, 0) is 10.0 Å². The highest BCUT2D eigenvalue weighted by molar-refractivity contribution is 14.1. The van der Waals surface area contributed by atoms with Crippen molar-refractivity contribution in [3.63, 3.8) is 0 Å². The predicted molar refractivity (Wildman–Crippen MR) is 89.7 cm³/mol. The molecule has 5 nitrogen and oxygen atoms in total. The lowest BCUT2D eigenvalue weighted by molar-refractivity contribution is 0.102. The van der Waals surface area contributed by atoms with Gasteiger partial charge in [0.25, 0.3) is 5.91 Å². The molecule has 21 heavy (non-hydrogen) atoms. The van der Waals surface area contributed by atoms with Crippen molar-refractivity contribution in [2.45, 2.75) is 11.8 Å². The predicted octanol–water partition coefficient (Wildman–Crippen LogP) is 2.50. The molecule has 7 heteroatoms. The number of rotatable bonds is 3. The molecule has 0 fully saturated rings. The van der Waals surface area contributed by atoms with Crippen LogP contribution in [0.15, 0.2) is 47.4 Å². The van der Waals surface area contributed by atoms with E-state index < -0.39 is 10.0 Å². The number of benzene rings is 2. The second-order valence-electron chi connectivity index (χ2n) is 4.41. The Bertz CT molecular complexity index is 804. The van der Waals surface area contributed by atoms with E-state index in [2.05, 4.69) is 27.9 Å². The molecule has 0 saturated carbocycles. The Morgan fingerprint density at radius 2 is 1.81 bits per heavy atom. The van der Waals surface area contributed by atoms with Gasteiger partial charge in [-0.05, 0) is 59.3 Å². The van der Waals surface area contributed by atoms with Gasteiger partial charge in [-0.25, -0.2) is 13.6 Å². The Morgan fingerprint density at radius 3 is 2.43 bits per heavy atom. The zero-order chi connectivity index (χ0) is 15.6. The van der Waals surface area contributed by atoms with E-state index in [1.54, 1.807) is 25.1 Å². The van der Waals surface area contributed by atoms with Crippen molar-refractivity contribution < 1.29 is 13.2 Å². The minimum absolute atomic E-state index is 0.00283. The fourth-order valence-electron chi connectivity index (χ4n) is 1.89. The minimum atomic E-state index is -3.82. The third-order valence-corrected chi connectivity index (χ3v) is 4.95. The van der Waals surface area contributed by atoms with E-state index in [4.69, 9.17) is 5.14 Å². The van der Waals surface area contributed by atoms with Crippen LogP contribution in [0.4, 0.5) is 5.69 Å². The number of carbonyl (C=O) groups excluding carboxylic acids is 1. The molecule has 0 unspecified atom stereocenters. The van der Waals surface area contributed by atoms with Crippen LogP contribution in [0.25, 0.3) is 0 Å². The lowest BCUT2D eigenvalue weighted by Gasteiger charge is -2.12. The van der Waals surface area contributed by atoms with Gasteiger partial charge in [-0.15, -0.1) is 0 Å². The highest BCUT2D eigenvalue weighted by Crippen LogP contribution is 2.23. The summed E-state index contributed by atoms with van der Waals surface area (Å²) in [6.45, 7) is 1.60. The summed E-state index contributed by atoms with van der Waals surface area (Å²) in [5.74, 6) is -0.297. The molecule has 0 saturated heterocycles. The first-order valence-electron chi connectivity index (χ1n) is 5.99. The van der Waals surface area contributed by atoms with E-state index in [0.717, 1.165) is 3.57 Å². The molecule has 0 aliphatic rings. The molecule has 2 aromatic carbocycles. The summed E-state index contributed by atoms with van der Waals surface area (Å²) in [5, 5.41) is 7.87. The number of nitrogens with two attached hydrogens (primary N) is 1. The number of carbonyl (C=O) groups is 1. The smallest absolute Gasteiger partial charge is 0.256 e. The minimum Gasteiger partial charge on any atom is -0.322 e. The lowest BCUT2D eigenvalue weighted by Crippen LogP contribution is -2.17. The summed E-state index contributed by atoms with van der Waals surface area (Å²) >= 11 is 2.07. The molecule has 2 aromatic rings. The number of hydrogen-bond acceptors (Lipinski definition) is 3. The van der Waals surface area contributed by atoms with Crippen LogP contribution in [0.2, 0.25) is 0 Å². The van der Waals surface area contributed by atoms with Crippen molar-refractivity contribution in [3.8, 4) is 0 Å². The number of hydrogen-bond donors (Lipinski definition) is 2. The molecule has 0 heterocycles. The van der Waals surface area contributed by atoms with Gasteiger partial charge in [-0.1, -0.05) is 18.2 Å². The highest BCUT2D eigenvalue weighted by Gasteiger charge is 2.16. The zero-order valence-corrected chi connectivity index (χ0v) is 14.1. The molecule has 3 N–H and O–H groups in total. The standard InChI is InChI=1S/C14H13IN2O3S/c1-9-12(7-4-8-13(9)21(16,19)20)17-14(18)10-5-2-3-6-11(10)15/h2-8H,1H3,(H,17,18)(H2,16,19,20). The SMILES string of the molecule is Cc1c(NC(=O)c2ccccc2I)cccc1S(N)(=O)=O. The van der Waals surface area contributed by atoms with Gasteiger partial charge in [-0.3, -0.25) is 4.79 Å². The number of sulfonamides is 1. The van der Waals surface area contributed by atoms with E-state index in [-0.39, 0.29) is 10.8 Å². The van der Waals surface area contributed by atoms with Crippen molar-refractivity contribution >= 4 is 44.2 Å². The molecule has 0 atom stereocenters. The molecule has 0 radical (unpaired) electrons. The van der Waals surface area contributed by atoms with E-state index >= 15 is 0 Å². The first-order chi connectivity index (χ1) is 9.80. The molecular formula is C14H13IN2O3S. The maximum absolute atomic E-state index is 12.3. The summed E-state index contributed by atoms with van der Waals surface area (Å²) in [6.07, 6.45) is 0.